The maximum atomic E-state index is 11.6. The first-order valence-electron chi connectivity index (χ1n) is 5.93. The third-order valence-electron chi connectivity index (χ3n) is 2.53. The van der Waals surface area contributed by atoms with E-state index in [-0.39, 0.29) is 18.0 Å². The second-order valence-electron chi connectivity index (χ2n) is 4.01. The van der Waals surface area contributed by atoms with E-state index in [0.717, 1.165) is 23.1 Å². The quantitative estimate of drug-likeness (QED) is 0.739. The Bertz CT molecular complexity index is 577. The van der Waals surface area contributed by atoms with Gasteiger partial charge in [-0.15, -0.1) is 0 Å². The van der Waals surface area contributed by atoms with Crippen LogP contribution in [-0.2, 0) is 17.8 Å². The Kier molecular flexibility index (Phi) is 4.44. The Labute approximate surface area is 109 Å². The van der Waals surface area contributed by atoms with Gasteiger partial charge >= 0.3 is 0 Å². The van der Waals surface area contributed by atoms with Crippen molar-refractivity contribution >= 4 is 5.91 Å². The maximum Gasteiger partial charge on any atom is 0.267 e. The van der Waals surface area contributed by atoms with E-state index < -0.39 is 0 Å². The minimum Gasteiger partial charge on any atom is -0.364 e. The van der Waals surface area contributed by atoms with E-state index in [9.17, 15) is 9.59 Å². The van der Waals surface area contributed by atoms with E-state index in [0.29, 0.717) is 6.54 Å². The summed E-state index contributed by atoms with van der Waals surface area (Å²) in [6, 6.07) is 2.90. The van der Waals surface area contributed by atoms with Crippen LogP contribution in [-0.4, -0.2) is 27.4 Å². The van der Waals surface area contributed by atoms with Crippen molar-refractivity contribution in [1.82, 2.24) is 20.3 Å². The highest BCUT2D eigenvalue weighted by atomic mass is 16.5. The number of hydrogen-bond donors (Lipinski definition) is 1. The Morgan fingerprint density at radius 1 is 1.47 bits per heavy atom. The predicted octanol–water partition coefficient (Wildman–Crippen LogP) is -0.0197. The van der Waals surface area contributed by atoms with Gasteiger partial charge in [-0.1, -0.05) is 5.16 Å². The molecule has 0 bridgehead atoms. The molecule has 2 heterocycles. The zero-order valence-electron chi connectivity index (χ0n) is 10.3. The number of nitrogens with zero attached hydrogens (tertiary/aromatic N) is 3. The van der Waals surface area contributed by atoms with E-state index in [4.69, 9.17) is 4.52 Å². The van der Waals surface area contributed by atoms with Gasteiger partial charge in [0.25, 0.3) is 5.56 Å². The summed E-state index contributed by atoms with van der Waals surface area (Å²) >= 11 is 0. The van der Waals surface area contributed by atoms with Crippen molar-refractivity contribution in [3.8, 4) is 0 Å². The van der Waals surface area contributed by atoms with Crippen LogP contribution in [0, 0.1) is 0 Å². The van der Waals surface area contributed by atoms with Crippen molar-refractivity contribution < 1.29 is 9.32 Å². The molecule has 0 aliphatic carbocycles. The highest BCUT2D eigenvalue weighted by molar-refractivity contribution is 5.75. The van der Waals surface area contributed by atoms with Crippen molar-refractivity contribution in [1.29, 1.82) is 0 Å². The molecule has 0 unspecified atom stereocenters. The van der Waals surface area contributed by atoms with Gasteiger partial charge in [0.2, 0.25) is 5.91 Å². The first-order valence-corrected chi connectivity index (χ1v) is 5.93. The third-order valence-corrected chi connectivity index (χ3v) is 2.53. The van der Waals surface area contributed by atoms with Gasteiger partial charge < -0.3 is 9.84 Å². The molecule has 2 rings (SSSR count). The Morgan fingerprint density at radius 2 is 2.37 bits per heavy atom. The molecular weight excluding hydrogens is 248 g/mol. The van der Waals surface area contributed by atoms with Crippen molar-refractivity contribution in [2.45, 2.75) is 19.4 Å². The Hall–Kier alpha value is -2.44. The molecule has 0 spiro atoms. The van der Waals surface area contributed by atoms with Crippen LogP contribution in [0.4, 0.5) is 0 Å². The molecule has 19 heavy (non-hydrogen) atoms. The highest BCUT2D eigenvalue weighted by Gasteiger charge is 2.04. The zero-order chi connectivity index (χ0) is 13.5. The van der Waals surface area contributed by atoms with Crippen LogP contribution in [0.25, 0.3) is 0 Å². The van der Waals surface area contributed by atoms with Gasteiger partial charge in [0.1, 0.15) is 12.8 Å². The fourth-order valence-corrected chi connectivity index (χ4v) is 1.57. The fourth-order valence-electron chi connectivity index (χ4n) is 1.57. The molecule has 0 aliphatic rings. The van der Waals surface area contributed by atoms with E-state index in [1.165, 1.54) is 18.3 Å². The minimum atomic E-state index is -0.290. The molecule has 1 N–H and O–H groups in total. The maximum absolute atomic E-state index is 11.6. The molecule has 2 aromatic rings. The normalized spacial score (nSPS) is 10.3. The van der Waals surface area contributed by atoms with Crippen molar-refractivity contribution in [3.05, 3.63) is 46.7 Å². The van der Waals surface area contributed by atoms with Crippen molar-refractivity contribution in [2.75, 3.05) is 6.54 Å². The lowest BCUT2D eigenvalue weighted by atomic mass is 10.2. The lowest BCUT2D eigenvalue weighted by Crippen LogP contribution is -2.33. The number of rotatable bonds is 6. The summed E-state index contributed by atoms with van der Waals surface area (Å²) < 4.78 is 5.82. The van der Waals surface area contributed by atoms with Crippen LogP contribution in [0.2, 0.25) is 0 Å². The number of hydrogen-bond acceptors (Lipinski definition) is 5. The number of aryl methyl sites for hydroxylation is 1. The van der Waals surface area contributed by atoms with Gasteiger partial charge in [-0.25, -0.2) is 4.68 Å². The number of carbonyl (C=O) groups excluding carboxylic acids is 1. The van der Waals surface area contributed by atoms with Crippen molar-refractivity contribution in [2.24, 2.45) is 0 Å². The molecule has 7 heteroatoms. The average molecular weight is 262 g/mol. The topological polar surface area (TPSA) is 90.0 Å². The van der Waals surface area contributed by atoms with E-state index in [1.54, 1.807) is 12.5 Å². The number of aromatic nitrogens is 3. The van der Waals surface area contributed by atoms with E-state index in [1.807, 2.05) is 0 Å². The smallest absolute Gasteiger partial charge is 0.267 e. The second kappa shape index (κ2) is 6.48. The Balaban J connectivity index is 1.70. The standard InChI is InChI=1S/C12H14N4O3/c17-11(8-16-12(18)4-2-6-14-16)13-5-1-3-10-7-15-19-9-10/h2,4,6-7,9H,1,3,5,8H2,(H,13,17). The molecule has 7 nitrogen and oxygen atoms in total. The largest absolute Gasteiger partial charge is 0.364 e. The molecule has 1 amide bonds. The van der Waals surface area contributed by atoms with Crippen LogP contribution in [0.15, 0.2) is 40.1 Å². The monoisotopic (exact) mass is 262 g/mol. The SMILES string of the molecule is O=C(Cn1ncccc1=O)NCCCc1cnoc1. The Morgan fingerprint density at radius 3 is 3.11 bits per heavy atom. The molecule has 0 saturated carbocycles. The molecule has 0 atom stereocenters. The molecule has 0 radical (unpaired) electrons. The van der Waals surface area contributed by atoms with Crippen LogP contribution in [0.3, 0.4) is 0 Å². The van der Waals surface area contributed by atoms with Crippen LogP contribution >= 0.6 is 0 Å². The summed E-state index contributed by atoms with van der Waals surface area (Å²) in [5.41, 5.74) is 0.706. The first-order chi connectivity index (χ1) is 9.25. The molecule has 0 aromatic carbocycles. The van der Waals surface area contributed by atoms with Crippen LogP contribution < -0.4 is 10.9 Å². The summed E-state index contributed by atoms with van der Waals surface area (Å²) in [5.74, 6) is -0.230. The van der Waals surface area contributed by atoms with Gasteiger partial charge in [-0.3, -0.25) is 9.59 Å². The summed E-state index contributed by atoms with van der Waals surface area (Å²) in [6.07, 6.45) is 6.27. The zero-order valence-corrected chi connectivity index (χ0v) is 10.3. The molecule has 100 valence electrons. The summed E-state index contributed by atoms with van der Waals surface area (Å²) in [5, 5.41) is 10.1. The number of carbonyl (C=O) groups is 1. The minimum absolute atomic E-state index is 0.0626. The van der Waals surface area contributed by atoms with Gasteiger partial charge in [-0.2, -0.15) is 5.10 Å². The second-order valence-corrected chi connectivity index (χ2v) is 4.01. The van der Waals surface area contributed by atoms with E-state index in [2.05, 4.69) is 15.6 Å². The van der Waals surface area contributed by atoms with Gasteiger partial charge in [0, 0.05) is 24.4 Å². The fraction of sp³-hybridized carbons (Fsp3) is 0.333. The van der Waals surface area contributed by atoms with Crippen LogP contribution in [0.1, 0.15) is 12.0 Å². The lowest BCUT2D eigenvalue weighted by Gasteiger charge is -2.05. The number of amides is 1. The van der Waals surface area contributed by atoms with Gasteiger partial charge in [0.15, 0.2) is 0 Å². The molecule has 0 fully saturated rings. The predicted molar refractivity (Wildman–Crippen MR) is 66.3 cm³/mol. The molecular formula is C12H14N4O3. The van der Waals surface area contributed by atoms with E-state index >= 15 is 0 Å². The first kappa shape index (κ1) is 13.0. The average Bonchev–Trinajstić information content (AvgIpc) is 2.91. The summed E-state index contributed by atoms with van der Waals surface area (Å²) in [7, 11) is 0. The van der Waals surface area contributed by atoms with Gasteiger partial charge in [-0.05, 0) is 18.9 Å². The molecule has 2 aromatic heterocycles. The number of nitrogens with one attached hydrogen (secondary N) is 1. The third kappa shape index (κ3) is 4.06. The lowest BCUT2D eigenvalue weighted by molar-refractivity contribution is -0.121. The van der Waals surface area contributed by atoms with Gasteiger partial charge in [0.05, 0.1) is 6.20 Å². The van der Waals surface area contributed by atoms with Crippen LogP contribution in [0.5, 0.6) is 0 Å². The highest BCUT2D eigenvalue weighted by Crippen LogP contribution is 1.99. The molecule has 0 aliphatic heterocycles. The summed E-state index contributed by atoms with van der Waals surface area (Å²) in [4.78, 5) is 22.9. The van der Waals surface area contributed by atoms with Crippen molar-refractivity contribution in [3.63, 3.8) is 0 Å². The summed E-state index contributed by atoms with van der Waals surface area (Å²) in [6.45, 7) is 0.471. The molecule has 0 saturated heterocycles.